The summed E-state index contributed by atoms with van der Waals surface area (Å²) in [6, 6.07) is 16.0. The quantitative estimate of drug-likeness (QED) is 0.530. The molecule has 0 spiro atoms. The molecule has 0 saturated carbocycles. The summed E-state index contributed by atoms with van der Waals surface area (Å²) in [6.07, 6.45) is 2.78. The molecule has 1 amide bonds. The van der Waals surface area contributed by atoms with E-state index in [0.29, 0.717) is 19.4 Å². The van der Waals surface area contributed by atoms with E-state index in [1.165, 1.54) is 11.1 Å². The van der Waals surface area contributed by atoms with E-state index in [4.69, 9.17) is 4.74 Å². The van der Waals surface area contributed by atoms with Crippen LogP contribution in [0.3, 0.4) is 0 Å². The van der Waals surface area contributed by atoms with Crippen molar-refractivity contribution in [3.05, 3.63) is 65.2 Å². The molecule has 0 aliphatic carbocycles. The molecular formula is C22H27NO3. The van der Waals surface area contributed by atoms with E-state index < -0.39 is 0 Å². The second-order valence-electron chi connectivity index (χ2n) is 6.51. The SMILES string of the molecule is Cc1ccc(NC(=O)CCCC(=O)OCCCc2ccccc2)cc1C. The standard InChI is InChI=1S/C22H27NO3/c1-17-13-14-20(16-18(17)2)23-21(24)11-6-12-22(25)26-15-7-10-19-8-4-3-5-9-19/h3-5,8-9,13-14,16H,6-7,10-12,15H2,1-2H3,(H,23,24). The average molecular weight is 353 g/mol. The number of amides is 1. The lowest BCUT2D eigenvalue weighted by Crippen LogP contribution is -2.13. The molecule has 0 aliphatic heterocycles. The van der Waals surface area contributed by atoms with E-state index in [9.17, 15) is 9.59 Å². The molecule has 0 aliphatic rings. The van der Waals surface area contributed by atoms with Crippen molar-refractivity contribution in [2.45, 2.75) is 46.0 Å². The van der Waals surface area contributed by atoms with E-state index in [0.717, 1.165) is 24.1 Å². The smallest absolute Gasteiger partial charge is 0.305 e. The highest BCUT2D eigenvalue weighted by atomic mass is 16.5. The third-order valence-electron chi connectivity index (χ3n) is 4.29. The molecule has 0 unspecified atom stereocenters. The Labute approximate surface area is 155 Å². The van der Waals surface area contributed by atoms with Gasteiger partial charge < -0.3 is 10.1 Å². The summed E-state index contributed by atoms with van der Waals surface area (Å²) in [5, 5.41) is 2.86. The summed E-state index contributed by atoms with van der Waals surface area (Å²) in [5.41, 5.74) is 4.37. The first-order valence-corrected chi connectivity index (χ1v) is 9.11. The molecule has 4 heteroatoms. The fraction of sp³-hybridized carbons (Fsp3) is 0.364. The van der Waals surface area contributed by atoms with Crippen molar-refractivity contribution in [3.63, 3.8) is 0 Å². The molecule has 0 aromatic heterocycles. The Morgan fingerprint density at radius 1 is 0.923 bits per heavy atom. The zero-order chi connectivity index (χ0) is 18.8. The Hall–Kier alpha value is -2.62. The summed E-state index contributed by atoms with van der Waals surface area (Å²) in [5.74, 6) is -0.317. The molecule has 2 rings (SSSR count). The first-order chi connectivity index (χ1) is 12.5. The van der Waals surface area contributed by atoms with E-state index in [1.54, 1.807) is 0 Å². The van der Waals surface area contributed by atoms with E-state index in [2.05, 4.69) is 17.4 Å². The highest BCUT2D eigenvalue weighted by Gasteiger charge is 2.07. The van der Waals surface area contributed by atoms with Gasteiger partial charge in [0.1, 0.15) is 0 Å². The van der Waals surface area contributed by atoms with Gasteiger partial charge in [0.05, 0.1) is 6.61 Å². The minimum atomic E-state index is -0.239. The lowest BCUT2D eigenvalue weighted by molar-refractivity contribution is -0.143. The molecule has 138 valence electrons. The van der Waals surface area contributed by atoms with Gasteiger partial charge in [0.15, 0.2) is 0 Å². The van der Waals surface area contributed by atoms with Crippen LogP contribution >= 0.6 is 0 Å². The molecule has 0 atom stereocenters. The Morgan fingerprint density at radius 2 is 1.69 bits per heavy atom. The van der Waals surface area contributed by atoms with Gasteiger partial charge in [0.2, 0.25) is 5.91 Å². The van der Waals surface area contributed by atoms with Gasteiger partial charge in [0, 0.05) is 18.5 Å². The number of hydrogen-bond donors (Lipinski definition) is 1. The van der Waals surface area contributed by atoms with Crippen LogP contribution in [-0.2, 0) is 20.7 Å². The Balaban J connectivity index is 1.57. The highest BCUT2D eigenvalue weighted by molar-refractivity contribution is 5.91. The summed E-state index contributed by atoms with van der Waals surface area (Å²) >= 11 is 0. The van der Waals surface area contributed by atoms with Crippen LogP contribution in [-0.4, -0.2) is 18.5 Å². The first kappa shape index (κ1) is 19.7. The van der Waals surface area contributed by atoms with Gasteiger partial charge >= 0.3 is 5.97 Å². The molecule has 26 heavy (non-hydrogen) atoms. The van der Waals surface area contributed by atoms with Crippen LogP contribution in [0, 0.1) is 13.8 Å². The number of carbonyl (C=O) groups is 2. The molecule has 1 N–H and O–H groups in total. The number of rotatable bonds is 9. The van der Waals surface area contributed by atoms with Crippen LogP contribution in [0.1, 0.15) is 42.4 Å². The molecule has 2 aromatic carbocycles. The second kappa shape index (κ2) is 10.4. The van der Waals surface area contributed by atoms with E-state index >= 15 is 0 Å². The van der Waals surface area contributed by atoms with Crippen molar-refractivity contribution in [3.8, 4) is 0 Å². The van der Waals surface area contributed by atoms with Crippen molar-refractivity contribution in [2.75, 3.05) is 11.9 Å². The molecular weight excluding hydrogens is 326 g/mol. The minimum Gasteiger partial charge on any atom is -0.466 e. The lowest BCUT2D eigenvalue weighted by atomic mass is 10.1. The van der Waals surface area contributed by atoms with Gasteiger partial charge in [-0.05, 0) is 61.9 Å². The van der Waals surface area contributed by atoms with Gasteiger partial charge in [-0.3, -0.25) is 9.59 Å². The van der Waals surface area contributed by atoms with Crippen LogP contribution in [0.5, 0.6) is 0 Å². The number of carbonyl (C=O) groups excluding carboxylic acids is 2. The molecule has 4 nitrogen and oxygen atoms in total. The van der Waals surface area contributed by atoms with Gasteiger partial charge in [-0.15, -0.1) is 0 Å². The normalized spacial score (nSPS) is 10.4. The highest BCUT2D eigenvalue weighted by Crippen LogP contribution is 2.14. The maximum atomic E-state index is 11.9. The topological polar surface area (TPSA) is 55.4 Å². The molecule has 0 bridgehead atoms. The summed E-state index contributed by atoms with van der Waals surface area (Å²) in [6.45, 7) is 4.47. The number of hydrogen-bond acceptors (Lipinski definition) is 3. The maximum absolute atomic E-state index is 11.9. The Kier molecular flexibility index (Phi) is 7.87. The van der Waals surface area contributed by atoms with Crippen molar-refractivity contribution in [1.29, 1.82) is 0 Å². The largest absolute Gasteiger partial charge is 0.466 e. The summed E-state index contributed by atoms with van der Waals surface area (Å²) < 4.78 is 5.22. The third kappa shape index (κ3) is 7.09. The zero-order valence-corrected chi connectivity index (χ0v) is 15.6. The lowest BCUT2D eigenvalue weighted by Gasteiger charge is -2.08. The van der Waals surface area contributed by atoms with Crippen molar-refractivity contribution < 1.29 is 14.3 Å². The predicted molar refractivity (Wildman–Crippen MR) is 104 cm³/mol. The fourth-order valence-electron chi connectivity index (χ4n) is 2.62. The van der Waals surface area contributed by atoms with Crippen molar-refractivity contribution in [1.82, 2.24) is 0 Å². The van der Waals surface area contributed by atoms with Crippen LogP contribution in [0.25, 0.3) is 0 Å². The average Bonchev–Trinajstić information content (AvgIpc) is 2.63. The van der Waals surface area contributed by atoms with Crippen LogP contribution < -0.4 is 5.32 Å². The second-order valence-corrected chi connectivity index (χ2v) is 6.51. The number of nitrogens with one attached hydrogen (secondary N) is 1. The van der Waals surface area contributed by atoms with Crippen LogP contribution in [0.15, 0.2) is 48.5 Å². The predicted octanol–water partition coefficient (Wildman–Crippen LogP) is 4.59. The maximum Gasteiger partial charge on any atom is 0.305 e. The van der Waals surface area contributed by atoms with Gasteiger partial charge in [-0.1, -0.05) is 36.4 Å². The van der Waals surface area contributed by atoms with Crippen LogP contribution in [0.4, 0.5) is 5.69 Å². The third-order valence-corrected chi connectivity index (χ3v) is 4.29. The fourth-order valence-corrected chi connectivity index (χ4v) is 2.62. The summed E-state index contributed by atoms with van der Waals surface area (Å²) in [4.78, 5) is 23.7. The van der Waals surface area contributed by atoms with E-state index in [-0.39, 0.29) is 18.3 Å². The van der Waals surface area contributed by atoms with Crippen LogP contribution in [0.2, 0.25) is 0 Å². The number of benzene rings is 2. The summed E-state index contributed by atoms with van der Waals surface area (Å²) in [7, 11) is 0. The molecule has 0 radical (unpaired) electrons. The van der Waals surface area contributed by atoms with Gasteiger partial charge in [-0.25, -0.2) is 0 Å². The van der Waals surface area contributed by atoms with Crippen molar-refractivity contribution >= 4 is 17.6 Å². The Bertz CT molecular complexity index is 725. The number of ether oxygens (including phenoxy) is 1. The van der Waals surface area contributed by atoms with E-state index in [1.807, 2.05) is 50.2 Å². The van der Waals surface area contributed by atoms with Gasteiger partial charge in [0.25, 0.3) is 0 Å². The number of anilines is 1. The number of aryl methyl sites for hydroxylation is 3. The molecule has 0 saturated heterocycles. The monoisotopic (exact) mass is 353 g/mol. The van der Waals surface area contributed by atoms with Gasteiger partial charge in [-0.2, -0.15) is 0 Å². The minimum absolute atomic E-state index is 0.0786. The number of esters is 1. The first-order valence-electron chi connectivity index (χ1n) is 9.11. The Morgan fingerprint density at radius 3 is 2.42 bits per heavy atom. The molecule has 0 heterocycles. The van der Waals surface area contributed by atoms with Crippen molar-refractivity contribution in [2.24, 2.45) is 0 Å². The molecule has 2 aromatic rings. The zero-order valence-electron chi connectivity index (χ0n) is 15.6. The molecule has 0 fully saturated rings.